The Hall–Kier alpha value is -2.34. The van der Waals surface area contributed by atoms with Crippen molar-refractivity contribution in [2.45, 2.75) is 4.90 Å². The van der Waals surface area contributed by atoms with E-state index in [1.54, 1.807) is 18.2 Å². The van der Waals surface area contributed by atoms with Crippen LogP contribution in [0.2, 0.25) is 5.02 Å². The summed E-state index contributed by atoms with van der Waals surface area (Å²) >= 11 is 9.39. The molecule has 0 radical (unpaired) electrons. The summed E-state index contributed by atoms with van der Waals surface area (Å²) in [6.07, 6.45) is 1.40. The van der Waals surface area contributed by atoms with E-state index in [-0.39, 0.29) is 10.5 Å². The molecule has 1 aromatic heterocycles. The maximum atomic E-state index is 12.7. The lowest BCUT2D eigenvalue weighted by molar-refractivity contribution is 0.102. The Morgan fingerprint density at radius 1 is 1.21 bits per heavy atom. The average molecular weight is 486 g/mol. The SMILES string of the molecule is CN(C)S(=O)(=O)c1cc(C(=O)Nc2cc(-n3cnnn3)ccc2Cl)ccc1Br. The molecule has 1 N–H and O–H groups in total. The van der Waals surface area contributed by atoms with Crippen molar-refractivity contribution in [1.82, 2.24) is 24.5 Å². The molecule has 0 aliphatic rings. The highest BCUT2D eigenvalue weighted by Crippen LogP contribution is 2.28. The van der Waals surface area contributed by atoms with Gasteiger partial charge in [0.05, 0.1) is 21.3 Å². The van der Waals surface area contributed by atoms with Crippen molar-refractivity contribution in [3.63, 3.8) is 0 Å². The highest BCUT2D eigenvalue weighted by atomic mass is 79.9. The predicted molar refractivity (Wildman–Crippen MR) is 107 cm³/mol. The number of halogens is 2. The molecule has 0 bridgehead atoms. The van der Waals surface area contributed by atoms with Crippen LogP contribution in [-0.4, -0.2) is 52.9 Å². The highest BCUT2D eigenvalue weighted by Gasteiger charge is 2.22. The number of anilines is 1. The molecule has 0 saturated carbocycles. The van der Waals surface area contributed by atoms with Crippen LogP contribution in [0.1, 0.15) is 10.4 Å². The molecule has 1 heterocycles. The van der Waals surface area contributed by atoms with Crippen LogP contribution in [0.25, 0.3) is 5.69 Å². The van der Waals surface area contributed by atoms with Crippen molar-refractivity contribution in [2.24, 2.45) is 0 Å². The zero-order chi connectivity index (χ0) is 20.5. The fourth-order valence-corrected chi connectivity index (χ4v) is 4.27. The number of aromatic nitrogens is 4. The van der Waals surface area contributed by atoms with E-state index in [9.17, 15) is 13.2 Å². The third-order valence-corrected chi connectivity index (χ3v) is 6.90. The van der Waals surface area contributed by atoms with E-state index in [1.165, 1.54) is 43.3 Å². The van der Waals surface area contributed by atoms with Crippen LogP contribution >= 0.6 is 27.5 Å². The van der Waals surface area contributed by atoms with Gasteiger partial charge in [-0.3, -0.25) is 4.79 Å². The van der Waals surface area contributed by atoms with E-state index in [0.717, 1.165) is 4.31 Å². The zero-order valence-corrected chi connectivity index (χ0v) is 17.8. The summed E-state index contributed by atoms with van der Waals surface area (Å²) in [5.41, 5.74) is 1.09. The Labute approximate surface area is 174 Å². The topological polar surface area (TPSA) is 110 Å². The molecular formula is C16H14BrClN6O3S. The van der Waals surface area contributed by atoms with Gasteiger partial charge in [0.2, 0.25) is 10.0 Å². The van der Waals surface area contributed by atoms with Gasteiger partial charge in [-0.15, -0.1) is 5.10 Å². The molecule has 3 rings (SSSR count). The second kappa shape index (κ2) is 7.95. The minimum atomic E-state index is -3.73. The van der Waals surface area contributed by atoms with Crippen molar-refractivity contribution >= 4 is 49.1 Å². The first kappa shape index (κ1) is 20.4. The molecule has 3 aromatic rings. The van der Waals surface area contributed by atoms with Crippen LogP contribution in [-0.2, 0) is 10.0 Å². The molecule has 0 spiro atoms. The van der Waals surface area contributed by atoms with E-state index in [2.05, 4.69) is 36.8 Å². The number of rotatable bonds is 5. The van der Waals surface area contributed by atoms with E-state index < -0.39 is 15.9 Å². The maximum Gasteiger partial charge on any atom is 0.255 e. The van der Waals surface area contributed by atoms with Gasteiger partial charge in [-0.05, 0) is 62.8 Å². The number of hydrogen-bond donors (Lipinski definition) is 1. The Kier molecular flexibility index (Phi) is 5.79. The fraction of sp³-hybridized carbons (Fsp3) is 0.125. The molecule has 0 saturated heterocycles. The number of carbonyl (C=O) groups excluding carboxylic acids is 1. The lowest BCUT2D eigenvalue weighted by atomic mass is 10.2. The number of sulfonamides is 1. The van der Waals surface area contributed by atoms with Crippen molar-refractivity contribution in [3.8, 4) is 5.69 Å². The lowest BCUT2D eigenvalue weighted by Crippen LogP contribution is -2.23. The molecular weight excluding hydrogens is 472 g/mol. The summed E-state index contributed by atoms with van der Waals surface area (Å²) in [5.74, 6) is -0.515. The molecule has 9 nitrogen and oxygen atoms in total. The van der Waals surface area contributed by atoms with Gasteiger partial charge in [0.25, 0.3) is 5.91 Å². The summed E-state index contributed by atoms with van der Waals surface area (Å²) in [6, 6.07) is 9.20. The monoisotopic (exact) mass is 484 g/mol. The average Bonchev–Trinajstić information content (AvgIpc) is 3.18. The largest absolute Gasteiger partial charge is 0.321 e. The summed E-state index contributed by atoms with van der Waals surface area (Å²) in [5, 5.41) is 13.9. The molecule has 28 heavy (non-hydrogen) atoms. The number of nitrogens with zero attached hydrogens (tertiary/aromatic N) is 5. The Balaban J connectivity index is 1.93. The van der Waals surface area contributed by atoms with Gasteiger partial charge in [-0.1, -0.05) is 11.6 Å². The third-order valence-electron chi connectivity index (χ3n) is 3.76. The summed E-state index contributed by atoms with van der Waals surface area (Å²) in [7, 11) is -0.895. The minimum Gasteiger partial charge on any atom is -0.321 e. The van der Waals surface area contributed by atoms with Gasteiger partial charge < -0.3 is 5.32 Å². The molecule has 0 unspecified atom stereocenters. The molecule has 146 valence electrons. The Morgan fingerprint density at radius 2 is 1.96 bits per heavy atom. The van der Waals surface area contributed by atoms with Crippen LogP contribution in [0, 0.1) is 0 Å². The minimum absolute atomic E-state index is 0.0151. The number of nitrogens with one attached hydrogen (secondary N) is 1. The lowest BCUT2D eigenvalue weighted by Gasteiger charge is -2.14. The van der Waals surface area contributed by atoms with Crippen molar-refractivity contribution in [1.29, 1.82) is 0 Å². The molecule has 12 heteroatoms. The van der Waals surface area contributed by atoms with Crippen molar-refractivity contribution in [3.05, 3.63) is 57.8 Å². The number of hydrogen-bond acceptors (Lipinski definition) is 6. The van der Waals surface area contributed by atoms with Gasteiger partial charge in [0.15, 0.2) is 0 Å². The van der Waals surface area contributed by atoms with Crippen LogP contribution in [0.4, 0.5) is 5.69 Å². The van der Waals surface area contributed by atoms with Crippen LogP contribution in [0.3, 0.4) is 0 Å². The number of tetrazole rings is 1. The van der Waals surface area contributed by atoms with Crippen molar-refractivity contribution < 1.29 is 13.2 Å². The molecule has 0 fully saturated rings. The Morgan fingerprint density at radius 3 is 2.61 bits per heavy atom. The quantitative estimate of drug-likeness (QED) is 0.595. The second-order valence-corrected chi connectivity index (χ2v) is 9.19. The van der Waals surface area contributed by atoms with Gasteiger partial charge in [0, 0.05) is 24.1 Å². The summed E-state index contributed by atoms with van der Waals surface area (Å²) < 4.78 is 27.7. The first-order chi connectivity index (χ1) is 13.2. The van der Waals surface area contributed by atoms with E-state index in [1.807, 2.05) is 0 Å². The molecule has 0 aliphatic carbocycles. The smallest absolute Gasteiger partial charge is 0.255 e. The van der Waals surface area contributed by atoms with Gasteiger partial charge in [-0.25, -0.2) is 17.4 Å². The van der Waals surface area contributed by atoms with E-state index >= 15 is 0 Å². The van der Waals surface area contributed by atoms with Crippen LogP contribution in [0.15, 0.2) is 52.1 Å². The normalized spacial score (nSPS) is 11.6. The van der Waals surface area contributed by atoms with E-state index in [0.29, 0.717) is 20.9 Å². The first-order valence-electron chi connectivity index (χ1n) is 7.76. The van der Waals surface area contributed by atoms with Crippen LogP contribution in [0.5, 0.6) is 0 Å². The second-order valence-electron chi connectivity index (χ2n) is 5.81. The number of carbonyl (C=O) groups is 1. The first-order valence-corrected chi connectivity index (χ1v) is 10.4. The van der Waals surface area contributed by atoms with Crippen LogP contribution < -0.4 is 5.32 Å². The third kappa shape index (κ3) is 4.07. The predicted octanol–water partition coefficient (Wildman–Crippen LogP) is 2.58. The summed E-state index contributed by atoms with van der Waals surface area (Å²) in [6.45, 7) is 0. The Bertz CT molecular complexity index is 1140. The number of benzene rings is 2. The summed E-state index contributed by atoms with van der Waals surface area (Å²) in [4.78, 5) is 12.7. The molecule has 2 aromatic carbocycles. The highest BCUT2D eigenvalue weighted by molar-refractivity contribution is 9.10. The molecule has 0 atom stereocenters. The van der Waals surface area contributed by atoms with Crippen molar-refractivity contribution in [2.75, 3.05) is 19.4 Å². The molecule has 1 amide bonds. The standard InChI is InChI=1S/C16H14BrClN6O3S/c1-23(2)28(26,27)15-7-10(3-5-12(15)17)16(25)20-14-8-11(4-6-13(14)18)24-9-19-21-22-24/h3-9H,1-2H3,(H,20,25). The van der Waals surface area contributed by atoms with Gasteiger partial charge in [-0.2, -0.15) is 0 Å². The zero-order valence-electron chi connectivity index (χ0n) is 14.7. The molecule has 0 aliphatic heterocycles. The van der Waals surface area contributed by atoms with Gasteiger partial charge >= 0.3 is 0 Å². The van der Waals surface area contributed by atoms with Gasteiger partial charge in [0.1, 0.15) is 6.33 Å². The van der Waals surface area contributed by atoms with E-state index in [4.69, 9.17) is 11.6 Å². The maximum absolute atomic E-state index is 12.7. The fourth-order valence-electron chi connectivity index (χ4n) is 2.26. The number of amides is 1.